The first kappa shape index (κ1) is 14.8. The molecule has 0 bridgehead atoms. The second-order valence-corrected chi connectivity index (χ2v) is 5.81. The van der Waals surface area contributed by atoms with E-state index in [1.165, 1.54) is 11.1 Å². The lowest BCUT2D eigenvalue weighted by atomic mass is 10.0. The molecule has 0 aliphatic carbocycles. The largest absolute Gasteiger partial charge is 0.311 e. The zero-order valence-electron chi connectivity index (χ0n) is 12.4. The molecule has 0 heterocycles. The molecule has 0 saturated carbocycles. The van der Waals surface area contributed by atoms with Crippen LogP contribution in [0.1, 0.15) is 25.0 Å². The Balaban J connectivity index is 1.73. The number of hydrogen-bond donors (Lipinski definition) is 2. The molecule has 0 fully saturated rings. The van der Waals surface area contributed by atoms with Crippen LogP contribution < -0.4 is 10.6 Å². The Kier molecular flexibility index (Phi) is 5.33. The molecule has 2 N–H and O–H groups in total. The highest BCUT2D eigenvalue weighted by atomic mass is 15.0. The van der Waals surface area contributed by atoms with Crippen molar-refractivity contribution in [2.24, 2.45) is 0 Å². The van der Waals surface area contributed by atoms with Crippen LogP contribution in [0.5, 0.6) is 0 Å². The van der Waals surface area contributed by atoms with Crippen molar-refractivity contribution in [3.8, 4) is 0 Å². The molecule has 2 aromatic carbocycles. The summed E-state index contributed by atoms with van der Waals surface area (Å²) < 4.78 is 0. The van der Waals surface area contributed by atoms with E-state index in [9.17, 15) is 0 Å². The third kappa shape index (κ3) is 5.16. The molecular formula is C18H24N2. The maximum Gasteiger partial charge on any atom is 0.0252 e. The molecule has 20 heavy (non-hydrogen) atoms. The second-order valence-electron chi connectivity index (χ2n) is 5.81. The maximum atomic E-state index is 3.60. The van der Waals surface area contributed by atoms with Crippen LogP contribution >= 0.6 is 0 Å². The first-order valence-corrected chi connectivity index (χ1v) is 7.19. The Morgan fingerprint density at radius 3 is 1.80 bits per heavy atom. The van der Waals surface area contributed by atoms with E-state index in [4.69, 9.17) is 0 Å². The van der Waals surface area contributed by atoms with E-state index >= 15 is 0 Å². The van der Waals surface area contributed by atoms with Crippen molar-refractivity contribution >= 4 is 0 Å². The minimum absolute atomic E-state index is 0.0740. The van der Waals surface area contributed by atoms with Crippen LogP contribution in [0.15, 0.2) is 60.7 Å². The molecule has 2 aromatic rings. The highest BCUT2D eigenvalue weighted by Crippen LogP contribution is 2.05. The van der Waals surface area contributed by atoms with Crippen molar-refractivity contribution in [3.63, 3.8) is 0 Å². The fraction of sp³-hybridized carbons (Fsp3) is 0.333. The zero-order chi connectivity index (χ0) is 14.3. The summed E-state index contributed by atoms with van der Waals surface area (Å²) in [7, 11) is 0. The Hall–Kier alpha value is -1.64. The van der Waals surface area contributed by atoms with Crippen LogP contribution in [-0.4, -0.2) is 12.1 Å². The van der Waals surface area contributed by atoms with E-state index in [0.29, 0.717) is 0 Å². The highest BCUT2D eigenvalue weighted by Gasteiger charge is 2.15. The third-order valence-electron chi connectivity index (χ3n) is 3.35. The van der Waals surface area contributed by atoms with Crippen LogP contribution in [-0.2, 0) is 13.1 Å². The van der Waals surface area contributed by atoms with Crippen molar-refractivity contribution in [1.82, 2.24) is 10.6 Å². The molecular weight excluding hydrogens is 244 g/mol. The van der Waals surface area contributed by atoms with Gasteiger partial charge in [-0.25, -0.2) is 0 Å². The summed E-state index contributed by atoms with van der Waals surface area (Å²) in [5.74, 6) is 0. The topological polar surface area (TPSA) is 24.1 Å². The van der Waals surface area contributed by atoms with Crippen LogP contribution in [0, 0.1) is 0 Å². The lowest BCUT2D eigenvalue weighted by molar-refractivity contribution is 0.362. The Morgan fingerprint density at radius 1 is 0.750 bits per heavy atom. The average Bonchev–Trinajstić information content (AvgIpc) is 2.47. The molecule has 0 spiro atoms. The highest BCUT2D eigenvalue weighted by molar-refractivity contribution is 5.15. The molecule has 2 nitrogen and oxygen atoms in total. The van der Waals surface area contributed by atoms with E-state index in [1.54, 1.807) is 0 Å². The van der Waals surface area contributed by atoms with E-state index < -0.39 is 0 Å². The molecule has 2 rings (SSSR count). The summed E-state index contributed by atoms with van der Waals surface area (Å²) >= 11 is 0. The van der Waals surface area contributed by atoms with Gasteiger partial charge in [0.1, 0.15) is 0 Å². The van der Waals surface area contributed by atoms with E-state index in [1.807, 2.05) is 0 Å². The lowest BCUT2D eigenvalue weighted by Gasteiger charge is -2.27. The Labute approximate surface area is 122 Å². The van der Waals surface area contributed by atoms with Crippen LogP contribution in [0.3, 0.4) is 0 Å². The van der Waals surface area contributed by atoms with Gasteiger partial charge in [-0.2, -0.15) is 0 Å². The molecule has 0 aromatic heterocycles. The van der Waals surface area contributed by atoms with E-state index in [2.05, 4.69) is 85.1 Å². The monoisotopic (exact) mass is 268 g/mol. The summed E-state index contributed by atoms with van der Waals surface area (Å²) in [4.78, 5) is 0. The minimum Gasteiger partial charge on any atom is -0.311 e. The lowest BCUT2D eigenvalue weighted by Crippen LogP contribution is -2.47. The van der Waals surface area contributed by atoms with Crippen molar-refractivity contribution in [2.45, 2.75) is 32.5 Å². The fourth-order valence-corrected chi connectivity index (χ4v) is 2.11. The van der Waals surface area contributed by atoms with Crippen molar-refractivity contribution < 1.29 is 0 Å². The summed E-state index contributed by atoms with van der Waals surface area (Å²) in [5, 5.41) is 7.11. The van der Waals surface area contributed by atoms with Crippen LogP contribution in [0.25, 0.3) is 0 Å². The van der Waals surface area contributed by atoms with Gasteiger partial charge in [-0.3, -0.25) is 0 Å². The summed E-state index contributed by atoms with van der Waals surface area (Å²) in [6.07, 6.45) is 0. The minimum atomic E-state index is 0.0740. The molecule has 0 aliphatic heterocycles. The number of nitrogens with one attached hydrogen (secondary N) is 2. The molecule has 0 aliphatic rings. The predicted molar refractivity (Wildman–Crippen MR) is 85.5 cm³/mol. The number of benzene rings is 2. The van der Waals surface area contributed by atoms with Crippen molar-refractivity contribution in [2.75, 3.05) is 6.54 Å². The molecule has 0 amide bonds. The van der Waals surface area contributed by atoms with Gasteiger partial charge < -0.3 is 10.6 Å². The van der Waals surface area contributed by atoms with Gasteiger partial charge in [0, 0.05) is 25.2 Å². The quantitative estimate of drug-likeness (QED) is 0.805. The molecule has 0 unspecified atom stereocenters. The van der Waals surface area contributed by atoms with Gasteiger partial charge in [0.2, 0.25) is 0 Å². The number of hydrogen-bond acceptors (Lipinski definition) is 2. The smallest absolute Gasteiger partial charge is 0.0252 e. The third-order valence-corrected chi connectivity index (χ3v) is 3.35. The summed E-state index contributed by atoms with van der Waals surface area (Å²) in [6, 6.07) is 21.0. The van der Waals surface area contributed by atoms with Crippen LogP contribution in [0.4, 0.5) is 0 Å². The van der Waals surface area contributed by atoms with Crippen molar-refractivity contribution in [1.29, 1.82) is 0 Å². The van der Waals surface area contributed by atoms with Gasteiger partial charge in [-0.05, 0) is 25.0 Å². The maximum absolute atomic E-state index is 3.60. The van der Waals surface area contributed by atoms with Gasteiger partial charge in [0.25, 0.3) is 0 Å². The molecule has 0 radical (unpaired) electrons. The Bertz CT molecular complexity index is 491. The summed E-state index contributed by atoms with van der Waals surface area (Å²) in [6.45, 7) is 7.22. The van der Waals surface area contributed by atoms with Crippen LogP contribution in [0.2, 0.25) is 0 Å². The average molecular weight is 268 g/mol. The predicted octanol–water partition coefficient (Wildman–Crippen LogP) is 3.34. The fourth-order valence-electron chi connectivity index (χ4n) is 2.11. The van der Waals surface area contributed by atoms with E-state index in [0.717, 1.165) is 19.6 Å². The first-order chi connectivity index (χ1) is 9.66. The second kappa shape index (κ2) is 7.22. The SMILES string of the molecule is CC(C)(CNCc1ccccc1)NCc1ccccc1. The molecule has 0 atom stereocenters. The summed E-state index contributed by atoms with van der Waals surface area (Å²) in [5.41, 5.74) is 2.72. The van der Waals surface area contributed by atoms with Gasteiger partial charge in [0.05, 0.1) is 0 Å². The van der Waals surface area contributed by atoms with Gasteiger partial charge in [-0.1, -0.05) is 60.7 Å². The number of rotatable bonds is 7. The van der Waals surface area contributed by atoms with Gasteiger partial charge in [-0.15, -0.1) is 0 Å². The van der Waals surface area contributed by atoms with Crippen molar-refractivity contribution in [3.05, 3.63) is 71.8 Å². The Morgan fingerprint density at radius 2 is 1.25 bits per heavy atom. The van der Waals surface area contributed by atoms with Gasteiger partial charge >= 0.3 is 0 Å². The molecule has 106 valence electrons. The first-order valence-electron chi connectivity index (χ1n) is 7.19. The van der Waals surface area contributed by atoms with Gasteiger partial charge in [0.15, 0.2) is 0 Å². The standard InChI is InChI=1S/C18H24N2/c1-18(2,20-14-17-11-7-4-8-12-17)15-19-13-16-9-5-3-6-10-16/h3-12,19-20H,13-15H2,1-2H3. The zero-order valence-corrected chi connectivity index (χ0v) is 12.4. The normalized spacial score (nSPS) is 11.5. The molecule has 2 heteroatoms. The molecule has 0 saturated heterocycles. The van der Waals surface area contributed by atoms with E-state index in [-0.39, 0.29) is 5.54 Å².